The fourth-order valence-electron chi connectivity index (χ4n) is 2.78. The van der Waals surface area contributed by atoms with Gasteiger partial charge in [0.05, 0.1) is 42.7 Å². The average Bonchev–Trinajstić information content (AvgIpc) is 3.01. The zero-order valence-electron chi connectivity index (χ0n) is 16.0. The lowest BCUT2D eigenvalue weighted by Crippen LogP contribution is -2.41. The minimum atomic E-state index is -0.409. The van der Waals surface area contributed by atoms with Crippen molar-refractivity contribution in [2.75, 3.05) is 26.4 Å². The molecule has 4 heterocycles. The van der Waals surface area contributed by atoms with Gasteiger partial charge in [0.25, 0.3) is 0 Å². The summed E-state index contributed by atoms with van der Waals surface area (Å²) in [5.41, 5.74) is 1.04. The second-order valence-corrected chi connectivity index (χ2v) is 7.95. The van der Waals surface area contributed by atoms with E-state index in [9.17, 15) is 0 Å². The smallest absolute Gasteiger partial charge is 0.399 e. The molecule has 0 amide bonds. The number of aryl methyl sites for hydroxylation is 1. The molecular weight excluding hydrogens is 354 g/mol. The monoisotopic (exact) mass is 380 g/mol. The molecular formula is C18H26BClN2O4. The maximum Gasteiger partial charge on any atom is 0.496 e. The van der Waals surface area contributed by atoms with Gasteiger partial charge in [-0.15, -0.1) is 0 Å². The molecule has 2 aliphatic rings. The van der Waals surface area contributed by atoms with Gasteiger partial charge in [0.1, 0.15) is 5.65 Å². The van der Waals surface area contributed by atoms with Crippen molar-refractivity contribution in [2.45, 2.75) is 38.9 Å². The number of rotatable bonds is 1. The van der Waals surface area contributed by atoms with Crippen LogP contribution in [0.4, 0.5) is 0 Å². The molecule has 0 aromatic carbocycles. The Morgan fingerprint density at radius 3 is 2.08 bits per heavy atom. The van der Waals surface area contributed by atoms with E-state index in [1.54, 1.807) is 6.20 Å². The fraction of sp³-hybridized carbons (Fsp3) is 0.611. The first-order chi connectivity index (χ1) is 12.2. The Kier molecular flexibility index (Phi) is 5.65. The molecule has 4 rings (SSSR count). The normalized spacial score (nSPS) is 21.5. The average molecular weight is 381 g/mol. The molecule has 0 N–H and O–H groups in total. The number of fused-ring (bicyclic) bond motifs is 1. The third-order valence-corrected chi connectivity index (χ3v) is 5.36. The van der Waals surface area contributed by atoms with Crippen LogP contribution in [0.5, 0.6) is 0 Å². The van der Waals surface area contributed by atoms with Crippen molar-refractivity contribution >= 4 is 35.2 Å². The van der Waals surface area contributed by atoms with E-state index in [0.717, 1.165) is 42.9 Å². The Bertz CT molecular complexity index is 746. The van der Waals surface area contributed by atoms with Crippen molar-refractivity contribution in [3.63, 3.8) is 0 Å². The minimum absolute atomic E-state index is 0.354. The van der Waals surface area contributed by atoms with Crippen LogP contribution >= 0.6 is 11.6 Å². The summed E-state index contributed by atoms with van der Waals surface area (Å²) in [7, 11) is 1.52. The highest BCUT2D eigenvalue weighted by Crippen LogP contribution is 2.36. The molecule has 26 heavy (non-hydrogen) atoms. The molecule has 2 saturated heterocycles. The van der Waals surface area contributed by atoms with Crippen LogP contribution in [-0.4, -0.2) is 54.3 Å². The third kappa shape index (κ3) is 3.92. The second-order valence-electron chi connectivity index (χ2n) is 7.54. The van der Waals surface area contributed by atoms with Gasteiger partial charge < -0.3 is 23.3 Å². The quantitative estimate of drug-likeness (QED) is 0.712. The zero-order valence-corrected chi connectivity index (χ0v) is 16.8. The molecule has 2 aliphatic heterocycles. The van der Waals surface area contributed by atoms with Crippen LogP contribution < -0.4 is 5.46 Å². The molecule has 2 aromatic rings. The lowest BCUT2D eigenvalue weighted by Gasteiger charge is -2.32. The van der Waals surface area contributed by atoms with E-state index in [0.29, 0.717) is 5.02 Å². The topological polar surface area (TPSA) is 54.7 Å². The Morgan fingerprint density at radius 2 is 1.58 bits per heavy atom. The SMILES string of the molecule is C1COCCO1.Cn1cc(Cl)c2cc(B3OC(C)(C)C(C)(C)O3)cnc21. The Morgan fingerprint density at radius 1 is 1.04 bits per heavy atom. The number of halogens is 1. The van der Waals surface area contributed by atoms with Crippen LogP contribution in [0.3, 0.4) is 0 Å². The largest absolute Gasteiger partial charge is 0.496 e. The standard InChI is InChI=1S/C14H18BClN2O2.C4H8O2/c1-13(2)14(3,4)20-15(19-13)9-6-10-11(16)8-18(5)12(10)17-7-9;1-2-6-4-3-5-1/h6-8H,1-5H3;1-4H2. The number of hydrogen-bond donors (Lipinski definition) is 0. The van der Waals surface area contributed by atoms with E-state index in [2.05, 4.69) is 4.98 Å². The first-order valence-corrected chi connectivity index (χ1v) is 9.21. The summed E-state index contributed by atoms with van der Waals surface area (Å²) in [5.74, 6) is 0. The van der Waals surface area contributed by atoms with Crippen molar-refractivity contribution in [1.82, 2.24) is 9.55 Å². The van der Waals surface area contributed by atoms with Gasteiger partial charge in [-0.3, -0.25) is 0 Å². The molecule has 0 atom stereocenters. The molecule has 0 radical (unpaired) electrons. The molecule has 0 bridgehead atoms. The molecule has 2 fully saturated rings. The van der Waals surface area contributed by atoms with Crippen LogP contribution in [0.25, 0.3) is 11.0 Å². The van der Waals surface area contributed by atoms with Crippen LogP contribution in [0.1, 0.15) is 27.7 Å². The van der Waals surface area contributed by atoms with E-state index < -0.39 is 7.12 Å². The minimum Gasteiger partial charge on any atom is -0.399 e. The van der Waals surface area contributed by atoms with Gasteiger partial charge >= 0.3 is 7.12 Å². The summed E-state index contributed by atoms with van der Waals surface area (Å²) < 4.78 is 23.9. The summed E-state index contributed by atoms with van der Waals surface area (Å²) in [4.78, 5) is 4.46. The van der Waals surface area contributed by atoms with Crippen LogP contribution in [0.15, 0.2) is 18.5 Å². The number of hydrogen-bond acceptors (Lipinski definition) is 5. The number of pyridine rings is 1. The van der Waals surface area contributed by atoms with Crippen LogP contribution in [-0.2, 0) is 25.8 Å². The van der Waals surface area contributed by atoms with Gasteiger partial charge in [-0.25, -0.2) is 4.98 Å². The Hall–Kier alpha value is -1.12. The van der Waals surface area contributed by atoms with Gasteiger partial charge in [0.15, 0.2) is 0 Å². The van der Waals surface area contributed by atoms with Crippen LogP contribution in [0, 0.1) is 0 Å². The predicted molar refractivity (Wildman–Crippen MR) is 103 cm³/mol. The highest BCUT2D eigenvalue weighted by atomic mass is 35.5. The molecule has 8 heteroatoms. The maximum absolute atomic E-state index is 6.23. The second kappa shape index (κ2) is 7.48. The van der Waals surface area contributed by atoms with Crippen molar-refractivity contribution in [2.24, 2.45) is 7.05 Å². The lowest BCUT2D eigenvalue weighted by atomic mass is 9.80. The van der Waals surface area contributed by atoms with Gasteiger partial charge in [-0.1, -0.05) is 11.6 Å². The van der Waals surface area contributed by atoms with Crippen LogP contribution in [0.2, 0.25) is 5.02 Å². The van der Waals surface area contributed by atoms with Gasteiger partial charge in [-0.2, -0.15) is 0 Å². The number of nitrogens with zero attached hydrogens (tertiary/aromatic N) is 2. The van der Waals surface area contributed by atoms with Gasteiger partial charge in [-0.05, 0) is 33.8 Å². The van der Waals surface area contributed by atoms with E-state index in [1.807, 2.05) is 51.6 Å². The fourth-order valence-corrected chi connectivity index (χ4v) is 3.06. The molecule has 0 saturated carbocycles. The molecule has 0 spiro atoms. The van der Waals surface area contributed by atoms with E-state index in [-0.39, 0.29) is 11.2 Å². The first-order valence-electron chi connectivity index (χ1n) is 8.83. The summed E-state index contributed by atoms with van der Waals surface area (Å²) in [6.45, 7) is 11.3. The number of ether oxygens (including phenoxy) is 2. The maximum atomic E-state index is 6.23. The van der Waals surface area contributed by atoms with E-state index >= 15 is 0 Å². The molecule has 142 valence electrons. The van der Waals surface area contributed by atoms with Crippen molar-refractivity contribution in [1.29, 1.82) is 0 Å². The summed E-state index contributed by atoms with van der Waals surface area (Å²) in [6, 6.07) is 1.99. The molecule has 2 aromatic heterocycles. The van der Waals surface area contributed by atoms with Crippen molar-refractivity contribution < 1.29 is 18.8 Å². The van der Waals surface area contributed by atoms with Crippen molar-refractivity contribution in [3.8, 4) is 0 Å². The highest BCUT2D eigenvalue weighted by molar-refractivity contribution is 6.62. The summed E-state index contributed by atoms with van der Waals surface area (Å²) in [6.07, 6.45) is 3.65. The Labute approximate surface area is 159 Å². The van der Waals surface area contributed by atoms with Crippen molar-refractivity contribution in [3.05, 3.63) is 23.5 Å². The summed E-state index contributed by atoms with van der Waals surface area (Å²) in [5, 5.41) is 1.61. The zero-order chi connectivity index (χ0) is 18.9. The predicted octanol–water partition coefficient (Wildman–Crippen LogP) is 2.56. The van der Waals surface area contributed by atoms with Gasteiger partial charge in [0, 0.05) is 30.3 Å². The van der Waals surface area contributed by atoms with Gasteiger partial charge in [0.2, 0.25) is 0 Å². The van der Waals surface area contributed by atoms with E-state index in [4.69, 9.17) is 30.4 Å². The molecule has 6 nitrogen and oxygen atoms in total. The molecule has 0 aliphatic carbocycles. The van der Waals surface area contributed by atoms with E-state index in [1.165, 1.54) is 0 Å². The molecule has 0 unspecified atom stereocenters. The summed E-state index contributed by atoms with van der Waals surface area (Å²) >= 11 is 6.23. The Balaban J connectivity index is 0.000000278. The number of aromatic nitrogens is 2. The highest BCUT2D eigenvalue weighted by Gasteiger charge is 2.51. The first kappa shape index (κ1) is 19.6. The third-order valence-electron chi connectivity index (χ3n) is 5.06. The lowest BCUT2D eigenvalue weighted by molar-refractivity contribution is -0.0334.